The fourth-order valence-electron chi connectivity index (χ4n) is 4.56. The molecule has 0 bridgehead atoms. The maximum Gasteiger partial charge on any atom is 0.310 e. The molecule has 2 atom stereocenters. The van der Waals surface area contributed by atoms with Gasteiger partial charge in [-0.15, -0.1) is 0 Å². The van der Waals surface area contributed by atoms with Crippen molar-refractivity contribution >= 4 is 11.9 Å². The quantitative estimate of drug-likeness (QED) is 0.707. The van der Waals surface area contributed by atoms with Gasteiger partial charge in [0, 0.05) is 0 Å². The summed E-state index contributed by atoms with van der Waals surface area (Å²) in [4.78, 5) is 25.3. The van der Waals surface area contributed by atoms with Gasteiger partial charge in [0.15, 0.2) is 0 Å². The highest BCUT2D eigenvalue weighted by Gasteiger charge is 2.39. The van der Waals surface area contributed by atoms with Crippen LogP contribution in [0.25, 0.3) is 0 Å². The zero-order valence-corrected chi connectivity index (χ0v) is 14.8. The Kier molecular flexibility index (Phi) is 6.56. The highest BCUT2D eigenvalue weighted by Crippen LogP contribution is 2.34. The molecule has 0 N–H and O–H groups in total. The minimum atomic E-state index is -0.281. The van der Waals surface area contributed by atoms with E-state index in [-0.39, 0.29) is 36.0 Å². The van der Waals surface area contributed by atoms with Crippen LogP contribution in [0.15, 0.2) is 0 Å². The van der Waals surface area contributed by atoms with Gasteiger partial charge in [-0.3, -0.25) is 9.59 Å². The van der Waals surface area contributed by atoms with Crippen molar-refractivity contribution in [2.24, 2.45) is 11.8 Å². The molecule has 0 unspecified atom stereocenters. The van der Waals surface area contributed by atoms with E-state index in [9.17, 15) is 9.59 Å². The van der Waals surface area contributed by atoms with Crippen LogP contribution in [0.1, 0.15) is 89.9 Å². The molecular formula is C20H32O4. The first-order valence-corrected chi connectivity index (χ1v) is 10.1. The van der Waals surface area contributed by atoms with E-state index < -0.39 is 0 Å². The summed E-state index contributed by atoms with van der Waals surface area (Å²) in [6, 6.07) is 0. The Hall–Kier alpha value is -1.06. The van der Waals surface area contributed by atoms with E-state index in [4.69, 9.17) is 9.47 Å². The average Bonchev–Trinajstić information content (AvgIpc) is 2.63. The molecule has 0 aromatic rings. The first kappa shape index (κ1) is 17.8. The second-order valence-electron chi connectivity index (χ2n) is 7.89. The van der Waals surface area contributed by atoms with Gasteiger partial charge >= 0.3 is 11.9 Å². The molecule has 0 heterocycles. The smallest absolute Gasteiger partial charge is 0.310 e. The van der Waals surface area contributed by atoms with Crippen molar-refractivity contribution in [1.82, 2.24) is 0 Å². The zero-order chi connectivity index (χ0) is 16.8. The Labute approximate surface area is 145 Å². The SMILES string of the molecule is O=C(OC1CCCCC1)[C@@H]1CCCC[C@H]1C(=O)OC1CCCCC1. The van der Waals surface area contributed by atoms with Gasteiger partial charge in [-0.25, -0.2) is 0 Å². The molecule has 3 aliphatic carbocycles. The van der Waals surface area contributed by atoms with E-state index in [1.165, 1.54) is 12.8 Å². The molecule has 136 valence electrons. The Morgan fingerprint density at radius 1 is 0.500 bits per heavy atom. The largest absolute Gasteiger partial charge is 0.462 e. The van der Waals surface area contributed by atoms with Crippen LogP contribution in [0.3, 0.4) is 0 Å². The summed E-state index contributed by atoms with van der Waals surface area (Å²) in [5, 5.41) is 0. The van der Waals surface area contributed by atoms with Crippen molar-refractivity contribution in [3.8, 4) is 0 Å². The van der Waals surface area contributed by atoms with Crippen molar-refractivity contribution in [1.29, 1.82) is 0 Å². The lowest BCUT2D eigenvalue weighted by molar-refractivity contribution is -0.170. The Balaban J connectivity index is 1.55. The minimum Gasteiger partial charge on any atom is -0.462 e. The van der Waals surface area contributed by atoms with Crippen LogP contribution in [-0.2, 0) is 19.1 Å². The van der Waals surface area contributed by atoms with Crippen LogP contribution in [0, 0.1) is 11.8 Å². The molecule has 0 radical (unpaired) electrons. The van der Waals surface area contributed by atoms with Crippen LogP contribution in [0.5, 0.6) is 0 Å². The lowest BCUT2D eigenvalue weighted by atomic mass is 9.79. The third-order valence-electron chi connectivity index (χ3n) is 6.04. The molecule has 3 fully saturated rings. The summed E-state index contributed by atoms with van der Waals surface area (Å²) in [5.41, 5.74) is 0. The Morgan fingerprint density at radius 3 is 1.21 bits per heavy atom. The highest BCUT2D eigenvalue weighted by atomic mass is 16.6. The maximum absolute atomic E-state index is 12.6. The normalized spacial score (nSPS) is 29.8. The van der Waals surface area contributed by atoms with Gasteiger partial charge in [-0.1, -0.05) is 25.7 Å². The fourth-order valence-corrected chi connectivity index (χ4v) is 4.56. The molecule has 3 rings (SSSR count). The topological polar surface area (TPSA) is 52.6 Å². The molecule has 0 spiro atoms. The third kappa shape index (κ3) is 4.73. The average molecular weight is 336 g/mol. The lowest BCUT2D eigenvalue weighted by Gasteiger charge is -2.32. The van der Waals surface area contributed by atoms with Gasteiger partial charge in [0.1, 0.15) is 12.2 Å². The fraction of sp³-hybridized carbons (Fsp3) is 0.900. The summed E-state index contributed by atoms with van der Waals surface area (Å²) in [6.07, 6.45) is 14.7. The molecule has 4 nitrogen and oxygen atoms in total. The first-order chi connectivity index (χ1) is 11.7. The molecule has 0 aromatic carbocycles. The number of hydrogen-bond donors (Lipinski definition) is 0. The second kappa shape index (κ2) is 8.87. The molecule has 4 heteroatoms. The number of esters is 2. The molecule has 0 amide bonds. The van der Waals surface area contributed by atoms with E-state index in [1.54, 1.807) is 0 Å². The number of carbonyl (C=O) groups excluding carboxylic acids is 2. The van der Waals surface area contributed by atoms with Crippen LogP contribution in [0.2, 0.25) is 0 Å². The van der Waals surface area contributed by atoms with Gasteiger partial charge in [0.25, 0.3) is 0 Å². The Bertz CT molecular complexity index is 381. The monoisotopic (exact) mass is 336 g/mol. The molecule has 3 saturated carbocycles. The standard InChI is InChI=1S/C20H32O4/c21-19(23-15-9-3-1-4-10-15)17-13-7-8-14-18(17)20(22)24-16-11-5-2-6-12-16/h15-18H,1-14H2/t17-,18-/m1/s1. The highest BCUT2D eigenvalue weighted by molar-refractivity contribution is 5.82. The first-order valence-electron chi connectivity index (χ1n) is 10.1. The summed E-state index contributed by atoms with van der Waals surface area (Å²) in [5.74, 6) is -0.854. The summed E-state index contributed by atoms with van der Waals surface area (Å²) < 4.78 is 11.5. The van der Waals surface area contributed by atoms with E-state index in [0.717, 1.165) is 77.0 Å². The number of hydrogen-bond acceptors (Lipinski definition) is 4. The van der Waals surface area contributed by atoms with Gasteiger partial charge < -0.3 is 9.47 Å². The van der Waals surface area contributed by atoms with Gasteiger partial charge in [0.2, 0.25) is 0 Å². The van der Waals surface area contributed by atoms with E-state index >= 15 is 0 Å². The van der Waals surface area contributed by atoms with Crippen molar-refractivity contribution in [2.75, 3.05) is 0 Å². The summed E-state index contributed by atoms with van der Waals surface area (Å²) in [6.45, 7) is 0. The van der Waals surface area contributed by atoms with Gasteiger partial charge in [0.05, 0.1) is 11.8 Å². The lowest BCUT2D eigenvalue weighted by Crippen LogP contribution is -2.38. The van der Waals surface area contributed by atoms with Crippen molar-refractivity contribution in [3.63, 3.8) is 0 Å². The molecule has 3 aliphatic rings. The summed E-state index contributed by atoms with van der Waals surface area (Å²) >= 11 is 0. The molecule has 0 aliphatic heterocycles. The van der Waals surface area contributed by atoms with Crippen LogP contribution in [-0.4, -0.2) is 24.1 Å². The zero-order valence-electron chi connectivity index (χ0n) is 14.8. The molecule has 24 heavy (non-hydrogen) atoms. The van der Waals surface area contributed by atoms with Crippen molar-refractivity contribution in [3.05, 3.63) is 0 Å². The van der Waals surface area contributed by atoms with E-state index in [0.29, 0.717) is 0 Å². The predicted molar refractivity (Wildman–Crippen MR) is 91.4 cm³/mol. The number of carbonyl (C=O) groups is 2. The van der Waals surface area contributed by atoms with Crippen LogP contribution < -0.4 is 0 Å². The molecule has 0 saturated heterocycles. The molecule has 0 aromatic heterocycles. The number of rotatable bonds is 4. The van der Waals surface area contributed by atoms with E-state index in [1.807, 2.05) is 0 Å². The third-order valence-corrected chi connectivity index (χ3v) is 6.04. The summed E-state index contributed by atoms with van der Waals surface area (Å²) in [7, 11) is 0. The minimum absolute atomic E-state index is 0.0724. The van der Waals surface area contributed by atoms with Gasteiger partial charge in [-0.05, 0) is 64.2 Å². The van der Waals surface area contributed by atoms with Crippen LogP contribution in [0.4, 0.5) is 0 Å². The van der Waals surface area contributed by atoms with E-state index in [2.05, 4.69) is 0 Å². The predicted octanol–water partition coefficient (Wildman–Crippen LogP) is 4.54. The van der Waals surface area contributed by atoms with Crippen molar-refractivity contribution < 1.29 is 19.1 Å². The Morgan fingerprint density at radius 2 is 0.833 bits per heavy atom. The second-order valence-corrected chi connectivity index (χ2v) is 7.89. The van der Waals surface area contributed by atoms with Crippen LogP contribution >= 0.6 is 0 Å². The van der Waals surface area contributed by atoms with Gasteiger partial charge in [-0.2, -0.15) is 0 Å². The number of ether oxygens (including phenoxy) is 2. The molecular weight excluding hydrogens is 304 g/mol. The van der Waals surface area contributed by atoms with Crippen molar-refractivity contribution in [2.45, 2.75) is 102 Å². The maximum atomic E-state index is 12.6.